The van der Waals surface area contributed by atoms with E-state index in [0.29, 0.717) is 35.3 Å². The second-order valence-electron chi connectivity index (χ2n) is 6.69. The van der Waals surface area contributed by atoms with Gasteiger partial charge in [-0.2, -0.15) is 13.2 Å². The number of fused-ring (bicyclic) bond motifs is 1. The number of amides is 1. The van der Waals surface area contributed by atoms with Crippen molar-refractivity contribution in [2.45, 2.75) is 12.6 Å². The van der Waals surface area contributed by atoms with Crippen molar-refractivity contribution in [3.8, 4) is 11.3 Å². The number of hydrogen-bond acceptors (Lipinski definition) is 5. The molecule has 0 radical (unpaired) electrons. The molecule has 3 heterocycles. The molecule has 1 aliphatic rings. The lowest BCUT2D eigenvalue weighted by atomic mass is 10.0. The summed E-state index contributed by atoms with van der Waals surface area (Å²) in [6.07, 6.45) is -3.07. The number of alkyl halides is 3. The first-order chi connectivity index (χ1) is 14.8. The highest BCUT2D eigenvalue weighted by atomic mass is 19.4. The Hall–Kier alpha value is -3.95. The van der Waals surface area contributed by atoms with Crippen molar-refractivity contribution in [2.75, 3.05) is 6.54 Å². The van der Waals surface area contributed by atoms with Crippen molar-refractivity contribution in [2.24, 2.45) is 5.16 Å². The standard InChI is InChI=1S/C21H15F3N4O3/c22-21(23,24)20(30)31-28-18(12-4-2-1-3-5-12)17-10-13(6-8-25-17)16-11-14-15(27-16)7-9-26-19(14)29/h1-6,8,10-11,27H,7,9H2,(H,26,29). The molecule has 1 aliphatic heterocycles. The van der Waals surface area contributed by atoms with Gasteiger partial charge in [0.25, 0.3) is 5.91 Å². The third-order valence-electron chi connectivity index (χ3n) is 4.62. The van der Waals surface area contributed by atoms with Gasteiger partial charge in [-0.1, -0.05) is 35.5 Å². The van der Waals surface area contributed by atoms with Crippen molar-refractivity contribution in [3.63, 3.8) is 0 Å². The highest BCUT2D eigenvalue weighted by Gasteiger charge is 2.41. The molecular formula is C21H15F3N4O3. The molecule has 0 saturated heterocycles. The maximum atomic E-state index is 12.5. The van der Waals surface area contributed by atoms with Crippen LogP contribution in [0.4, 0.5) is 13.2 Å². The molecular weight excluding hydrogens is 413 g/mol. The van der Waals surface area contributed by atoms with Crippen LogP contribution in [0.3, 0.4) is 0 Å². The van der Waals surface area contributed by atoms with E-state index in [2.05, 4.69) is 25.3 Å². The highest BCUT2D eigenvalue weighted by molar-refractivity contribution is 6.12. The van der Waals surface area contributed by atoms with Crippen molar-refractivity contribution in [1.82, 2.24) is 15.3 Å². The summed E-state index contributed by atoms with van der Waals surface area (Å²) in [5.74, 6) is -2.61. The van der Waals surface area contributed by atoms with Gasteiger partial charge < -0.3 is 15.1 Å². The van der Waals surface area contributed by atoms with Crippen LogP contribution < -0.4 is 5.32 Å². The van der Waals surface area contributed by atoms with Crippen LogP contribution in [0.2, 0.25) is 0 Å². The number of carbonyl (C=O) groups excluding carboxylic acids is 2. The SMILES string of the molecule is O=C1NCCc2[nH]c(-c3ccnc(C(=NOC(=O)C(F)(F)F)c4ccccc4)c3)cc21. The molecule has 7 nitrogen and oxygen atoms in total. The molecule has 1 aromatic carbocycles. The van der Waals surface area contributed by atoms with Gasteiger partial charge in [0.15, 0.2) is 0 Å². The van der Waals surface area contributed by atoms with Crippen LogP contribution in [0.15, 0.2) is 59.9 Å². The lowest BCUT2D eigenvalue weighted by molar-refractivity contribution is -0.199. The number of aromatic amines is 1. The Morgan fingerprint density at radius 3 is 2.61 bits per heavy atom. The Morgan fingerprint density at radius 2 is 1.90 bits per heavy atom. The van der Waals surface area contributed by atoms with Gasteiger partial charge >= 0.3 is 12.1 Å². The predicted octanol–water partition coefficient (Wildman–Crippen LogP) is 3.22. The van der Waals surface area contributed by atoms with Crippen LogP contribution in [0.1, 0.15) is 27.3 Å². The number of carbonyl (C=O) groups is 2. The number of aromatic nitrogens is 2. The van der Waals surface area contributed by atoms with Crippen LogP contribution in [0.25, 0.3) is 11.3 Å². The third kappa shape index (κ3) is 4.32. The molecule has 0 saturated carbocycles. The highest BCUT2D eigenvalue weighted by Crippen LogP contribution is 2.25. The maximum absolute atomic E-state index is 12.5. The summed E-state index contributed by atoms with van der Waals surface area (Å²) < 4.78 is 37.6. The van der Waals surface area contributed by atoms with Crippen LogP contribution in [-0.4, -0.2) is 40.3 Å². The third-order valence-corrected chi connectivity index (χ3v) is 4.62. The van der Waals surface area contributed by atoms with E-state index in [1.165, 1.54) is 6.20 Å². The fourth-order valence-corrected chi connectivity index (χ4v) is 3.16. The molecule has 31 heavy (non-hydrogen) atoms. The Labute approximate surface area is 173 Å². The fraction of sp³-hybridized carbons (Fsp3) is 0.143. The number of benzene rings is 1. The number of nitrogens with one attached hydrogen (secondary N) is 2. The molecule has 0 bridgehead atoms. The van der Waals surface area contributed by atoms with Gasteiger partial charge in [0.1, 0.15) is 5.71 Å². The zero-order chi connectivity index (χ0) is 22.0. The topological polar surface area (TPSA) is 96.4 Å². The summed E-state index contributed by atoms with van der Waals surface area (Å²) in [6, 6.07) is 13.2. The van der Waals surface area contributed by atoms with Crippen molar-refractivity contribution in [1.29, 1.82) is 0 Å². The molecule has 0 aliphatic carbocycles. The molecule has 10 heteroatoms. The molecule has 0 atom stereocenters. The Kier molecular flexibility index (Phi) is 5.28. The van der Waals surface area contributed by atoms with Crippen LogP contribution in [0, 0.1) is 0 Å². The second-order valence-corrected chi connectivity index (χ2v) is 6.69. The molecule has 0 fully saturated rings. The van der Waals surface area contributed by atoms with Gasteiger partial charge in [0.2, 0.25) is 0 Å². The van der Waals surface area contributed by atoms with E-state index in [4.69, 9.17) is 0 Å². The van der Waals surface area contributed by atoms with E-state index in [1.807, 2.05) is 0 Å². The smallest absolute Gasteiger partial charge is 0.358 e. The number of hydrogen-bond donors (Lipinski definition) is 2. The van der Waals surface area contributed by atoms with Gasteiger partial charge in [0, 0.05) is 41.7 Å². The molecule has 1 amide bonds. The van der Waals surface area contributed by atoms with Crippen LogP contribution in [-0.2, 0) is 16.1 Å². The number of H-pyrrole nitrogens is 1. The average molecular weight is 428 g/mol. The monoisotopic (exact) mass is 428 g/mol. The summed E-state index contributed by atoms with van der Waals surface area (Å²) in [5.41, 5.74) is 3.17. The number of nitrogens with zero attached hydrogens (tertiary/aromatic N) is 2. The van der Waals surface area contributed by atoms with Gasteiger partial charge in [-0.25, -0.2) is 4.79 Å². The van der Waals surface area contributed by atoms with Crippen LogP contribution >= 0.6 is 0 Å². The fourth-order valence-electron chi connectivity index (χ4n) is 3.16. The average Bonchev–Trinajstić information content (AvgIpc) is 3.20. The van der Waals surface area contributed by atoms with E-state index in [0.717, 1.165) is 5.69 Å². The minimum atomic E-state index is -5.18. The first-order valence-electron chi connectivity index (χ1n) is 9.21. The molecule has 0 unspecified atom stereocenters. The number of halogens is 3. The van der Waals surface area contributed by atoms with Crippen molar-refractivity contribution in [3.05, 3.63) is 77.2 Å². The van der Waals surface area contributed by atoms with Gasteiger partial charge in [0.05, 0.1) is 11.3 Å². The summed E-state index contributed by atoms with van der Waals surface area (Å²) in [6.45, 7) is 0.531. The zero-order valence-corrected chi connectivity index (χ0v) is 15.9. The Morgan fingerprint density at radius 1 is 1.13 bits per heavy atom. The van der Waals surface area contributed by atoms with Gasteiger partial charge in [-0.05, 0) is 18.2 Å². The van der Waals surface area contributed by atoms with Gasteiger partial charge in [-0.3, -0.25) is 9.78 Å². The summed E-state index contributed by atoms with van der Waals surface area (Å²) in [7, 11) is 0. The molecule has 2 aromatic heterocycles. The maximum Gasteiger partial charge on any atom is 0.493 e. The lowest BCUT2D eigenvalue weighted by Crippen LogP contribution is -2.31. The Bertz CT molecular complexity index is 1170. The molecule has 0 spiro atoms. The normalized spacial score (nSPS) is 14.0. The first kappa shape index (κ1) is 20.3. The quantitative estimate of drug-likeness (QED) is 0.379. The predicted molar refractivity (Wildman–Crippen MR) is 104 cm³/mol. The van der Waals surface area contributed by atoms with E-state index >= 15 is 0 Å². The second kappa shape index (κ2) is 8.05. The first-order valence-corrected chi connectivity index (χ1v) is 9.21. The lowest BCUT2D eigenvalue weighted by Gasteiger charge is -2.11. The molecule has 2 N–H and O–H groups in total. The summed E-state index contributed by atoms with van der Waals surface area (Å²) in [5, 5.41) is 6.22. The number of pyridine rings is 1. The minimum absolute atomic E-state index is 0.0471. The molecule has 4 rings (SSSR count). The Balaban J connectivity index is 1.73. The van der Waals surface area contributed by atoms with Crippen molar-refractivity contribution >= 4 is 17.6 Å². The van der Waals surface area contributed by atoms with Crippen molar-refractivity contribution < 1.29 is 27.6 Å². The van der Waals surface area contributed by atoms with Gasteiger partial charge in [-0.15, -0.1) is 0 Å². The minimum Gasteiger partial charge on any atom is -0.358 e. The molecule has 3 aromatic rings. The summed E-state index contributed by atoms with van der Waals surface area (Å²) >= 11 is 0. The van der Waals surface area contributed by atoms with Crippen LogP contribution in [0.5, 0.6) is 0 Å². The number of oxime groups is 1. The van der Waals surface area contributed by atoms with E-state index < -0.39 is 12.1 Å². The number of rotatable bonds is 4. The van der Waals surface area contributed by atoms with E-state index in [-0.39, 0.29) is 17.3 Å². The summed E-state index contributed by atoms with van der Waals surface area (Å²) in [4.78, 5) is 34.7. The molecule has 158 valence electrons. The zero-order valence-electron chi connectivity index (χ0n) is 15.9. The van der Waals surface area contributed by atoms with E-state index in [9.17, 15) is 22.8 Å². The van der Waals surface area contributed by atoms with E-state index in [1.54, 1.807) is 48.5 Å². The largest absolute Gasteiger partial charge is 0.493 e.